The van der Waals surface area contributed by atoms with Crippen molar-refractivity contribution in [2.45, 2.75) is 39.2 Å². The lowest BCUT2D eigenvalue weighted by Crippen LogP contribution is -2.40. The number of carboxylic acid groups (broad SMARTS) is 1. The summed E-state index contributed by atoms with van der Waals surface area (Å²) in [6.45, 7) is 3.21. The molecule has 0 aliphatic heterocycles. The standard InChI is InChI=1S/C12H17N3O5/c1-3-8(11(18)19)14-9(16)5-4-7-6(2)13-12(20)15-10(7)17/h8H,3-5H2,1-2H3,(H,14,16)(H,18,19)(H2,13,15,17,20). The minimum Gasteiger partial charge on any atom is -0.480 e. The van der Waals surface area contributed by atoms with Gasteiger partial charge in [0.25, 0.3) is 5.56 Å². The van der Waals surface area contributed by atoms with Crippen molar-refractivity contribution in [3.8, 4) is 0 Å². The Hall–Kier alpha value is -2.38. The number of carbonyl (C=O) groups excluding carboxylic acids is 1. The molecule has 1 aromatic heterocycles. The summed E-state index contributed by atoms with van der Waals surface area (Å²) in [5, 5.41) is 11.2. The smallest absolute Gasteiger partial charge is 0.326 e. The number of aliphatic carboxylic acids is 1. The molecule has 0 bridgehead atoms. The predicted molar refractivity (Wildman–Crippen MR) is 70.6 cm³/mol. The average Bonchev–Trinajstić information content (AvgIpc) is 2.34. The van der Waals surface area contributed by atoms with Crippen LogP contribution in [0.5, 0.6) is 0 Å². The van der Waals surface area contributed by atoms with E-state index in [0.717, 1.165) is 0 Å². The van der Waals surface area contributed by atoms with Gasteiger partial charge in [-0.15, -0.1) is 0 Å². The second kappa shape index (κ2) is 6.69. The number of amides is 1. The number of nitrogens with one attached hydrogen (secondary N) is 3. The summed E-state index contributed by atoms with van der Waals surface area (Å²) in [6.07, 6.45) is 0.374. The molecular weight excluding hydrogens is 266 g/mol. The highest BCUT2D eigenvalue weighted by Gasteiger charge is 2.17. The molecule has 1 atom stereocenters. The van der Waals surface area contributed by atoms with Gasteiger partial charge in [0.15, 0.2) is 0 Å². The highest BCUT2D eigenvalue weighted by Crippen LogP contribution is 2.01. The fourth-order valence-corrected chi connectivity index (χ4v) is 1.77. The molecule has 1 heterocycles. The maximum Gasteiger partial charge on any atom is 0.326 e. The largest absolute Gasteiger partial charge is 0.480 e. The predicted octanol–water partition coefficient (Wildman–Crippen LogP) is -0.716. The Balaban J connectivity index is 2.69. The van der Waals surface area contributed by atoms with Crippen LogP contribution in [0, 0.1) is 6.92 Å². The van der Waals surface area contributed by atoms with Gasteiger partial charge in [0.05, 0.1) is 0 Å². The third-order valence-electron chi connectivity index (χ3n) is 2.90. The van der Waals surface area contributed by atoms with Gasteiger partial charge in [-0.2, -0.15) is 0 Å². The number of H-pyrrole nitrogens is 2. The topological polar surface area (TPSA) is 132 Å². The van der Waals surface area contributed by atoms with Crippen molar-refractivity contribution >= 4 is 11.9 Å². The number of rotatable bonds is 6. The first-order valence-corrected chi connectivity index (χ1v) is 6.19. The van der Waals surface area contributed by atoms with Gasteiger partial charge in [-0.3, -0.25) is 14.6 Å². The summed E-state index contributed by atoms with van der Waals surface area (Å²) >= 11 is 0. The van der Waals surface area contributed by atoms with Gasteiger partial charge in [0.1, 0.15) is 6.04 Å². The van der Waals surface area contributed by atoms with Gasteiger partial charge in [-0.25, -0.2) is 9.59 Å². The number of carboxylic acids is 1. The van der Waals surface area contributed by atoms with Gasteiger partial charge >= 0.3 is 11.7 Å². The molecular formula is C12H17N3O5. The highest BCUT2D eigenvalue weighted by molar-refractivity contribution is 5.83. The second-order valence-electron chi connectivity index (χ2n) is 4.38. The van der Waals surface area contributed by atoms with Crippen LogP contribution in [0.15, 0.2) is 9.59 Å². The molecule has 0 saturated carbocycles. The molecule has 4 N–H and O–H groups in total. The Kier molecular flexibility index (Phi) is 5.24. The molecule has 0 fully saturated rings. The SMILES string of the molecule is CCC(NC(=O)CCc1c(C)[nH]c(=O)[nH]c1=O)C(=O)O. The fraction of sp³-hybridized carbons (Fsp3) is 0.500. The summed E-state index contributed by atoms with van der Waals surface area (Å²) in [4.78, 5) is 49.5. The zero-order valence-corrected chi connectivity index (χ0v) is 11.3. The molecule has 20 heavy (non-hydrogen) atoms. The van der Waals surface area contributed by atoms with Crippen molar-refractivity contribution in [3.05, 3.63) is 32.1 Å². The molecule has 1 unspecified atom stereocenters. The molecule has 0 radical (unpaired) electrons. The van der Waals surface area contributed by atoms with E-state index in [0.29, 0.717) is 11.3 Å². The Morgan fingerprint density at radius 3 is 2.45 bits per heavy atom. The van der Waals surface area contributed by atoms with Crippen molar-refractivity contribution in [2.24, 2.45) is 0 Å². The van der Waals surface area contributed by atoms with Crippen LogP contribution < -0.4 is 16.6 Å². The van der Waals surface area contributed by atoms with Crippen molar-refractivity contribution in [1.82, 2.24) is 15.3 Å². The number of carbonyl (C=O) groups is 2. The lowest BCUT2D eigenvalue weighted by molar-refractivity contribution is -0.141. The van der Waals surface area contributed by atoms with E-state index in [1.54, 1.807) is 13.8 Å². The van der Waals surface area contributed by atoms with E-state index < -0.39 is 29.2 Å². The maximum atomic E-state index is 11.6. The Morgan fingerprint density at radius 2 is 1.95 bits per heavy atom. The Bertz CT molecular complexity index is 616. The molecule has 0 saturated heterocycles. The summed E-state index contributed by atoms with van der Waals surface area (Å²) in [6, 6.07) is -0.933. The van der Waals surface area contributed by atoms with E-state index in [4.69, 9.17) is 5.11 Å². The normalized spacial score (nSPS) is 11.9. The summed E-state index contributed by atoms with van der Waals surface area (Å²) in [5.74, 6) is -1.55. The lowest BCUT2D eigenvalue weighted by Gasteiger charge is -2.12. The van der Waals surface area contributed by atoms with Crippen LogP contribution in [0.1, 0.15) is 31.0 Å². The van der Waals surface area contributed by atoms with Crippen molar-refractivity contribution in [3.63, 3.8) is 0 Å². The highest BCUT2D eigenvalue weighted by atomic mass is 16.4. The van der Waals surface area contributed by atoms with Crippen LogP contribution in [-0.2, 0) is 16.0 Å². The van der Waals surface area contributed by atoms with E-state index in [1.807, 2.05) is 0 Å². The summed E-state index contributed by atoms with van der Waals surface area (Å²) in [7, 11) is 0. The van der Waals surface area contributed by atoms with E-state index in [2.05, 4.69) is 15.3 Å². The van der Waals surface area contributed by atoms with Gasteiger partial charge in [0.2, 0.25) is 5.91 Å². The Labute approximate surface area is 114 Å². The number of aryl methyl sites for hydroxylation is 1. The third-order valence-corrected chi connectivity index (χ3v) is 2.90. The van der Waals surface area contributed by atoms with Crippen LogP contribution in [0.4, 0.5) is 0 Å². The van der Waals surface area contributed by atoms with Crippen LogP contribution in [0.2, 0.25) is 0 Å². The van der Waals surface area contributed by atoms with Crippen molar-refractivity contribution in [2.75, 3.05) is 0 Å². The molecule has 8 nitrogen and oxygen atoms in total. The van der Waals surface area contributed by atoms with E-state index in [1.165, 1.54) is 0 Å². The minimum atomic E-state index is -1.10. The van der Waals surface area contributed by atoms with Gasteiger partial charge in [-0.05, 0) is 19.8 Å². The number of aromatic amines is 2. The van der Waals surface area contributed by atoms with E-state index in [-0.39, 0.29) is 19.3 Å². The monoisotopic (exact) mass is 283 g/mol. The molecule has 110 valence electrons. The molecule has 1 amide bonds. The van der Waals surface area contributed by atoms with Crippen LogP contribution in [0.3, 0.4) is 0 Å². The third kappa shape index (κ3) is 4.08. The van der Waals surface area contributed by atoms with Crippen LogP contribution >= 0.6 is 0 Å². The molecule has 8 heteroatoms. The fourth-order valence-electron chi connectivity index (χ4n) is 1.77. The van der Waals surface area contributed by atoms with E-state index >= 15 is 0 Å². The molecule has 0 aliphatic rings. The van der Waals surface area contributed by atoms with Gasteiger partial charge in [0, 0.05) is 17.7 Å². The lowest BCUT2D eigenvalue weighted by atomic mass is 10.1. The molecule has 0 aliphatic carbocycles. The molecule has 0 aromatic carbocycles. The first-order valence-electron chi connectivity index (χ1n) is 6.19. The summed E-state index contributed by atoms with van der Waals surface area (Å²) in [5.41, 5.74) is -0.429. The first-order chi connectivity index (χ1) is 9.35. The van der Waals surface area contributed by atoms with Gasteiger partial charge in [-0.1, -0.05) is 6.92 Å². The van der Waals surface area contributed by atoms with Gasteiger partial charge < -0.3 is 15.4 Å². The van der Waals surface area contributed by atoms with E-state index in [9.17, 15) is 19.2 Å². The zero-order valence-electron chi connectivity index (χ0n) is 11.3. The van der Waals surface area contributed by atoms with Crippen molar-refractivity contribution in [1.29, 1.82) is 0 Å². The van der Waals surface area contributed by atoms with Crippen molar-refractivity contribution < 1.29 is 14.7 Å². The molecule has 1 rings (SSSR count). The average molecular weight is 283 g/mol. The number of hydrogen-bond acceptors (Lipinski definition) is 4. The zero-order chi connectivity index (χ0) is 15.3. The minimum absolute atomic E-state index is 0.0280. The van der Waals surface area contributed by atoms with Crippen LogP contribution in [-0.4, -0.2) is 33.0 Å². The Morgan fingerprint density at radius 1 is 1.30 bits per heavy atom. The second-order valence-corrected chi connectivity index (χ2v) is 4.38. The number of hydrogen-bond donors (Lipinski definition) is 4. The van der Waals surface area contributed by atoms with Crippen LogP contribution in [0.25, 0.3) is 0 Å². The number of aromatic nitrogens is 2. The quantitative estimate of drug-likeness (QED) is 0.547. The maximum absolute atomic E-state index is 11.6. The summed E-state index contributed by atoms with van der Waals surface area (Å²) < 4.78 is 0. The molecule has 1 aromatic rings. The first kappa shape index (κ1) is 15.7. The molecule has 0 spiro atoms.